The molecule has 0 aliphatic carbocycles. The third-order valence-corrected chi connectivity index (χ3v) is 3.88. The molecule has 0 unspecified atom stereocenters. The van der Waals surface area contributed by atoms with Gasteiger partial charge < -0.3 is 10.6 Å². The second kappa shape index (κ2) is 7.97. The molecule has 1 amide bonds. The first-order valence-corrected chi connectivity index (χ1v) is 8.11. The zero-order valence-corrected chi connectivity index (χ0v) is 14.4. The molecule has 0 atom stereocenters. The summed E-state index contributed by atoms with van der Waals surface area (Å²) in [5.41, 5.74) is 2.92. The second-order valence-corrected chi connectivity index (χ2v) is 6.37. The summed E-state index contributed by atoms with van der Waals surface area (Å²) in [5, 5.41) is 6.72. The quantitative estimate of drug-likeness (QED) is 0.802. The van der Waals surface area contributed by atoms with Crippen LogP contribution in [-0.2, 0) is 0 Å². The van der Waals surface area contributed by atoms with Gasteiger partial charge in [0.25, 0.3) is 5.91 Å². The largest absolute Gasteiger partial charge is 0.384 e. The lowest BCUT2D eigenvalue weighted by Gasteiger charge is -2.09. The van der Waals surface area contributed by atoms with Gasteiger partial charge in [0.2, 0.25) is 0 Å². The lowest BCUT2D eigenvalue weighted by Crippen LogP contribution is -2.14. The lowest BCUT2D eigenvalue weighted by molar-refractivity contribution is 0.102. The van der Waals surface area contributed by atoms with Crippen molar-refractivity contribution < 1.29 is 4.79 Å². The Balaban J connectivity index is 1.95. The van der Waals surface area contributed by atoms with Crippen molar-refractivity contribution in [3.63, 3.8) is 0 Å². The van der Waals surface area contributed by atoms with E-state index >= 15 is 0 Å². The molecule has 1 aromatic heterocycles. The van der Waals surface area contributed by atoms with Crippen LogP contribution < -0.4 is 10.6 Å². The molecular weight excluding hydrogens is 310 g/mol. The molecule has 0 saturated carbocycles. The molecule has 1 aromatic carbocycles. The van der Waals surface area contributed by atoms with Crippen molar-refractivity contribution >= 4 is 28.9 Å². The minimum Gasteiger partial charge on any atom is -0.384 e. The third kappa shape index (κ3) is 5.25. The first-order valence-electron chi connectivity index (χ1n) is 7.73. The first-order chi connectivity index (χ1) is 11.0. The maximum Gasteiger partial charge on any atom is 0.274 e. The van der Waals surface area contributed by atoms with Crippen LogP contribution in [0.5, 0.6) is 0 Å². The van der Waals surface area contributed by atoms with Gasteiger partial charge in [0.15, 0.2) is 0 Å². The molecule has 0 saturated heterocycles. The minimum absolute atomic E-state index is 0.251. The van der Waals surface area contributed by atoms with E-state index in [-0.39, 0.29) is 5.91 Å². The summed E-state index contributed by atoms with van der Waals surface area (Å²) in [4.78, 5) is 16.4. The molecule has 5 heteroatoms. The van der Waals surface area contributed by atoms with Gasteiger partial charge in [-0.15, -0.1) is 0 Å². The molecule has 0 bridgehead atoms. The number of aromatic nitrogens is 1. The Hall–Kier alpha value is -2.07. The number of hydrogen-bond donors (Lipinski definition) is 2. The number of rotatable bonds is 6. The number of benzene rings is 1. The highest BCUT2D eigenvalue weighted by atomic mass is 35.5. The number of carbonyl (C=O) groups is 1. The zero-order chi connectivity index (χ0) is 16.8. The molecular formula is C18H22ClN3O. The summed E-state index contributed by atoms with van der Waals surface area (Å²) in [6.07, 6.45) is 2.77. The van der Waals surface area contributed by atoms with Gasteiger partial charge in [0.1, 0.15) is 5.69 Å². The summed E-state index contributed by atoms with van der Waals surface area (Å²) in [6.45, 7) is 7.18. The Morgan fingerprint density at radius 2 is 1.96 bits per heavy atom. The monoisotopic (exact) mass is 331 g/mol. The zero-order valence-electron chi connectivity index (χ0n) is 13.7. The fourth-order valence-corrected chi connectivity index (χ4v) is 2.18. The molecule has 0 fully saturated rings. The van der Waals surface area contributed by atoms with Crippen molar-refractivity contribution in [3.8, 4) is 0 Å². The number of hydrogen-bond acceptors (Lipinski definition) is 3. The van der Waals surface area contributed by atoms with Crippen LogP contribution in [0.4, 0.5) is 11.4 Å². The summed E-state index contributed by atoms with van der Waals surface area (Å²) >= 11 is 6.06. The normalized spacial score (nSPS) is 10.7. The fraction of sp³-hybridized carbons (Fsp3) is 0.333. The topological polar surface area (TPSA) is 54.0 Å². The van der Waals surface area contributed by atoms with Crippen LogP contribution in [0.15, 0.2) is 36.5 Å². The van der Waals surface area contributed by atoms with Crippen molar-refractivity contribution in [1.82, 2.24) is 4.98 Å². The molecule has 1 heterocycles. The summed E-state index contributed by atoms with van der Waals surface area (Å²) < 4.78 is 0. The van der Waals surface area contributed by atoms with Crippen LogP contribution >= 0.6 is 11.6 Å². The van der Waals surface area contributed by atoms with Crippen molar-refractivity contribution in [2.24, 2.45) is 5.92 Å². The maximum absolute atomic E-state index is 12.2. The number of pyridine rings is 1. The number of aryl methyl sites for hydroxylation is 1. The summed E-state index contributed by atoms with van der Waals surface area (Å²) in [5.74, 6) is 0.403. The predicted molar refractivity (Wildman–Crippen MR) is 96.3 cm³/mol. The number of amides is 1. The number of nitrogens with zero attached hydrogens (tertiary/aromatic N) is 1. The van der Waals surface area contributed by atoms with Crippen LogP contribution in [0.2, 0.25) is 5.02 Å². The van der Waals surface area contributed by atoms with Crippen molar-refractivity contribution in [2.45, 2.75) is 27.2 Å². The highest BCUT2D eigenvalue weighted by Crippen LogP contribution is 2.20. The van der Waals surface area contributed by atoms with Crippen LogP contribution in [0.1, 0.15) is 36.3 Å². The lowest BCUT2D eigenvalue weighted by atomic mass is 10.1. The molecule has 2 N–H and O–H groups in total. The van der Waals surface area contributed by atoms with Gasteiger partial charge in [-0.05, 0) is 49.1 Å². The SMILES string of the molecule is Cc1ccc(NC(=O)c2ccc(NCCC(C)C)cn2)cc1Cl. The summed E-state index contributed by atoms with van der Waals surface area (Å²) in [7, 11) is 0. The van der Waals surface area contributed by atoms with E-state index in [1.54, 1.807) is 18.3 Å². The molecule has 0 radical (unpaired) electrons. The average Bonchev–Trinajstić information content (AvgIpc) is 2.51. The number of carbonyl (C=O) groups excluding carboxylic acids is 1. The smallest absolute Gasteiger partial charge is 0.274 e. The molecule has 0 aliphatic rings. The fourth-order valence-electron chi connectivity index (χ4n) is 2.00. The molecule has 0 spiro atoms. The standard InChI is InChI=1S/C18H22ClN3O/c1-12(2)8-9-20-15-6-7-17(21-11-15)18(23)22-14-5-4-13(3)16(19)10-14/h4-7,10-12,20H,8-9H2,1-3H3,(H,22,23). The number of anilines is 2. The highest BCUT2D eigenvalue weighted by Gasteiger charge is 2.08. The van der Waals surface area contributed by atoms with Gasteiger partial charge in [0.05, 0.1) is 11.9 Å². The van der Waals surface area contributed by atoms with Gasteiger partial charge in [-0.1, -0.05) is 31.5 Å². The van der Waals surface area contributed by atoms with Crippen LogP contribution in [0.25, 0.3) is 0 Å². The molecule has 4 nitrogen and oxygen atoms in total. The molecule has 2 aromatic rings. The van der Waals surface area contributed by atoms with E-state index in [0.717, 1.165) is 24.2 Å². The van der Waals surface area contributed by atoms with E-state index in [0.29, 0.717) is 22.3 Å². The highest BCUT2D eigenvalue weighted by molar-refractivity contribution is 6.31. The van der Waals surface area contributed by atoms with Crippen molar-refractivity contribution in [1.29, 1.82) is 0 Å². The van der Waals surface area contributed by atoms with Crippen LogP contribution in [0.3, 0.4) is 0 Å². The first kappa shape index (κ1) is 17.3. The van der Waals surface area contributed by atoms with Gasteiger partial charge in [-0.3, -0.25) is 4.79 Å². The van der Waals surface area contributed by atoms with Gasteiger partial charge in [0, 0.05) is 17.3 Å². The Kier molecular flexibility index (Phi) is 5.99. The van der Waals surface area contributed by atoms with E-state index in [9.17, 15) is 4.79 Å². The van der Waals surface area contributed by atoms with Crippen molar-refractivity contribution in [3.05, 3.63) is 52.8 Å². The van der Waals surface area contributed by atoms with E-state index in [4.69, 9.17) is 11.6 Å². The Bertz CT molecular complexity index is 668. The second-order valence-electron chi connectivity index (χ2n) is 5.96. The molecule has 2 rings (SSSR count). The van der Waals surface area contributed by atoms with E-state index < -0.39 is 0 Å². The van der Waals surface area contributed by atoms with E-state index in [2.05, 4.69) is 29.5 Å². The maximum atomic E-state index is 12.2. The molecule has 0 aliphatic heterocycles. The van der Waals surface area contributed by atoms with E-state index in [1.807, 2.05) is 25.1 Å². The molecule has 122 valence electrons. The van der Waals surface area contributed by atoms with Crippen molar-refractivity contribution in [2.75, 3.05) is 17.2 Å². The summed E-state index contributed by atoms with van der Waals surface area (Å²) in [6, 6.07) is 9.00. The third-order valence-electron chi connectivity index (χ3n) is 3.48. The minimum atomic E-state index is -0.251. The number of halogens is 1. The average molecular weight is 332 g/mol. The Morgan fingerprint density at radius 1 is 1.22 bits per heavy atom. The molecule has 23 heavy (non-hydrogen) atoms. The predicted octanol–water partition coefficient (Wildman–Crippen LogP) is 4.75. The Labute approximate surface area is 142 Å². The number of nitrogens with one attached hydrogen (secondary N) is 2. The van der Waals surface area contributed by atoms with Gasteiger partial charge in [-0.2, -0.15) is 0 Å². The van der Waals surface area contributed by atoms with E-state index in [1.165, 1.54) is 0 Å². The Morgan fingerprint density at radius 3 is 2.57 bits per heavy atom. The van der Waals surface area contributed by atoms with Gasteiger partial charge in [-0.25, -0.2) is 4.98 Å². The van der Waals surface area contributed by atoms with Crippen LogP contribution in [-0.4, -0.2) is 17.4 Å². The van der Waals surface area contributed by atoms with Crippen LogP contribution in [0, 0.1) is 12.8 Å². The van der Waals surface area contributed by atoms with Gasteiger partial charge >= 0.3 is 0 Å².